The summed E-state index contributed by atoms with van der Waals surface area (Å²) < 4.78 is 25.9. The predicted octanol–water partition coefficient (Wildman–Crippen LogP) is 4.31. The normalized spacial score (nSPS) is 17.4. The van der Waals surface area contributed by atoms with E-state index in [0.717, 1.165) is 38.4 Å². The van der Waals surface area contributed by atoms with Gasteiger partial charge in [0.25, 0.3) is 0 Å². The van der Waals surface area contributed by atoms with Gasteiger partial charge >= 0.3 is 0 Å². The molecule has 2 heterocycles. The highest BCUT2D eigenvalue weighted by atomic mass is 35.5. The molecule has 0 fully saturated rings. The number of aromatic nitrogens is 1. The van der Waals surface area contributed by atoms with E-state index in [-0.39, 0.29) is 0 Å². The van der Waals surface area contributed by atoms with E-state index in [1.807, 2.05) is 61.5 Å². The number of hydrazone groups is 1. The lowest BCUT2D eigenvalue weighted by molar-refractivity contribution is 0.374. The third-order valence-electron chi connectivity index (χ3n) is 4.66. The van der Waals surface area contributed by atoms with Gasteiger partial charge in [-0.2, -0.15) is 9.52 Å². The minimum Gasteiger partial charge on any atom is -0.236 e. The van der Waals surface area contributed by atoms with Gasteiger partial charge in [-0.3, -0.25) is 0 Å². The van der Waals surface area contributed by atoms with Gasteiger partial charge in [0.05, 0.1) is 23.5 Å². The summed E-state index contributed by atoms with van der Waals surface area (Å²) in [6, 6.07) is 16.9. The summed E-state index contributed by atoms with van der Waals surface area (Å²) in [6.07, 6.45) is 1.60. The Hall–Kier alpha value is -2.44. The highest BCUT2D eigenvalue weighted by Crippen LogP contribution is 2.38. The molecule has 2 aromatic carbocycles. The highest BCUT2D eigenvalue weighted by molar-refractivity contribution is 7.88. The zero-order valence-corrected chi connectivity index (χ0v) is 16.5. The second-order valence-corrected chi connectivity index (χ2v) is 8.93. The lowest BCUT2D eigenvalue weighted by Gasteiger charge is -2.22. The van der Waals surface area contributed by atoms with Crippen molar-refractivity contribution in [1.29, 1.82) is 0 Å². The topological polar surface area (TPSA) is 62.6 Å². The van der Waals surface area contributed by atoms with Gasteiger partial charge in [-0.05, 0) is 24.6 Å². The van der Waals surface area contributed by atoms with Crippen LogP contribution in [0.1, 0.15) is 29.2 Å². The van der Waals surface area contributed by atoms with Crippen LogP contribution >= 0.6 is 11.6 Å². The Labute approximate surface area is 163 Å². The van der Waals surface area contributed by atoms with Gasteiger partial charge in [-0.15, -0.1) is 0 Å². The predicted molar refractivity (Wildman–Crippen MR) is 109 cm³/mol. The largest absolute Gasteiger partial charge is 0.247 e. The van der Waals surface area contributed by atoms with Gasteiger partial charge in [0, 0.05) is 17.4 Å². The number of para-hydroxylation sites is 1. The summed E-state index contributed by atoms with van der Waals surface area (Å²) in [5.74, 6) is 0. The molecule has 27 heavy (non-hydrogen) atoms. The Morgan fingerprint density at radius 3 is 2.52 bits per heavy atom. The first kappa shape index (κ1) is 17.9. The van der Waals surface area contributed by atoms with Gasteiger partial charge in [0.2, 0.25) is 10.0 Å². The number of rotatable bonds is 3. The maximum Gasteiger partial charge on any atom is 0.247 e. The molecule has 0 amide bonds. The summed E-state index contributed by atoms with van der Waals surface area (Å²) in [7, 11) is -3.56. The summed E-state index contributed by atoms with van der Waals surface area (Å²) >= 11 is 6.43. The molecular weight excluding hydrogens is 382 g/mol. The molecule has 1 atom stereocenters. The van der Waals surface area contributed by atoms with Gasteiger partial charge in [-0.1, -0.05) is 59.6 Å². The van der Waals surface area contributed by atoms with Gasteiger partial charge in [0.15, 0.2) is 0 Å². The molecule has 1 aliphatic heterocycles. The van der Waals surface area contributed by atoms with Crippen LogP contribution < -0.4 is 0 Å². The van der Waals surface area contributed by atoms with Crippen molar-refractivity contribution in [2.45, 2.75) is 19.4 Å². The standard InChI is InChI=1S/C20H18ClN3O2S/c1-13-7-9-14(10-8-13)18-12-19(24(23-18)27(2,25)26)16-11-15-5-3-4-6-17(15)22-20(16)21/h3-11,19H,12H2,1-2H3/t19-/m1/s1. The average Bonchev–Trinajstić information content (AvgIpc) is 3.07. The van der Waals surface area contributed by atoms with Crippen molar-refractivity contribution >= 4 is 38.2 Å². The van der Waals surface area contributed by atoms with Crippen LogP contribution in [0, 0.1) is 6.92 Å². The number of hydrogen-bond donors (Lipinski definition) is 0. The number of benzene rings is 2. The van der Waals surface area contributed by atoms with Crippen molar-refractivity contribution in [3.05, 3.63) is 76.4 Å². The summed E-state index contributed by atoms with van der Waals surface area (Å²) in [5, 5.41) is 5.62. The second-order valence-electron chi connectivity index (χ2n) is 6.73. The van der Waals surface area contributed by atoms with E-state index in [4.69, 9.17) is 11.6 Å². The van der Waals surface area contributed by atoms with Gasteiger partial charge in [-0.25, -0.2) is 13.4 Å². The molecular formula is C20H18ClN3O2S. The molecule has 4 rings (SSSR count). The number of aryl methyl sites for hydroxylation is 1. The Balaban J connectivity index is 1.80. The monoisotopic (exact) mass is 399 g/mol. The van der Waals surface area contributed by atoms with Crippen LogP contribution in [-0.4, -0.2) is 29.8 Å². The molecule has 3 aromatic rings. The molecule has 0 aliphatic carbocycles. The van der Waals surface area contributed by atoms with Crippen LogP contribution in [0.15, 0.2) is 59.7 Å². The zero-order chi connectivity index (χ0) is 19.2. The van der Waals surface area contributed by atoms with Crippen LogP contribution in [0.4, 0.5) is 0 Å². The molecule has 0 spiro atoms. The van der Waals surface area contributed by atoms with Crippen molar-refractivity contribution in [2.24, 2.45) is 5.10 Å². The Morgan fingerprint density at radius 1 is 1.11 bits per heavy atom. The lowest BCUT2D eigenvalue weighted by Crippen LogP contribution is -2.26. The number of halogens is 1. The quantitative estimate of drug-likeness (QED) is 0.616. The number of hydrogen-bond acceptors (Lipinski definition) is 4. The van der Waals surface area contributed by atoms with Crippen LogP contribution in [0.25, 0.3) is 10.9 Å². The van der Waals surface area contributed by atoms with E-state index in [1.165, 1.54) is 0 Å². The van der Waals surface area contributed by atoms with Crippen molar-refractivity contribution in [3.63, 3.8) is 0 Å². The molecule has 138 valence electrons. The summed E-state index contributed by atoms with van der Waals surface area (Å²) in [4.78, 5) is 4.44. The molecule has 0 radical (unpaired) electrons. The number of nitrogens with zero attached hydrogens (tertiary/aromatic N) is 3. The van der Waals surface area contributed by atoms with E-state index in [9.17, 15) is 8.42 Å². The van der Waals surface area contributed by atoms with Crippen molar-refractivity contribution in [3.8, 4) is 0 Å². The maximum absolute atomic E-state index is 12.4. The van der Waals surface area contributed by atoms with Crippen LogP contribution in [0.5, 0.6) is 0 Å². The molecule has 0 saturated carbocycles. The first-order valence-electron chi connectivity index (χ1n) is 8.52. The number of sulfonamides is 1. The fourth-order valence-electron chi connectivity index (χ4n) is 3.29. The summed E-state index contributed by atoms with van der Waals surface area (Å²) in [5.41, 5.74) is 4.19. The maximum atomic E-state index is 12.4. The van der Waals surface area contributed by atoms with E-state index < -0.39 is 16.1 Å². The molecule has 0 unspecified atom stereocenters. The van der Waals surface area contributed by atoms with E-state index >= 15 is 0 Å². The van der Waals surface area contributed by atoms with Crippen LogP contribution in [-0.2, 0) is 10.0 Å². The van der Waals surface area contributed by atoms with Crippen LogP contribution in [0.3, 0.4) is 0 Å². The second kappa shape index (κ2) is 6.62. The fraction of sp³-hybridized carbons (Fsp3) is 0.200. The zero-order valence-electron chi connectivity index (χ0n) is 14.9. The van der Waals surface area contributed by atoms with Crippen molar-refractivity contribution < 1.29 is 8.42 Å². The first-order chi connectivity index (χ1) is 12.8. The summed E-state index contributed by atoms with van der Waals surface area (Å²) in [6.45, 7) is 2.01. The first-order valence-corrected chi connectivity index (χ1v) is 10.7. The van der Waals surface area contributed by atoms with Gasteiger partial charge < -0.3 is 0 Å². The Bertz CT molecular complexity index is 1160. The van der Waals surface area contributed by atoms with E-state index in [1.54, 1.807) is 0 Å². The molecule has 5 nitrogen and oxygen atoms in total. The number of pyridine rings is 1. The Kier molecular flexibility index (Phi) is 4.40. The molecule has 1 aromatic heterocycles. The number of fused-ring (bicyclic) bond motifs is 1. The van der Waals surface area contributed by atoms with Crippen molar-refractivity contribution in [1.82, 2.24) is 9.40 Å². The lowest BCUT2D eigenvalue weighted by atomic mass is 9.98. The fourth-order valence-corrected chi connectivity index (χ4v) is 4.46. The molecule has 0 bridgehead atoms. The van der Waals surface area contributed by atoms with Crippen LogP contribution in [0.2, 0.25) is 5.15 Å². The van der Waals surface area contributed by atoms with E-state index in [0.29, 0.717) is 17.1 Å². The average molecular weight is 400 g/mol. The molecule has 0 saturated heterocycles. The molecule has 7 heteroatoms. The highest BCUT2D eigenvalue weighted by Gasteiger charge is 2.36. The third kappa shape index (κ3) is 3.42. The smallest absolute Gasteiger partial charge is 0.236 e. The van der Waals surface area contributed by atoms with Crippen molar-refractivity contribution in [2.75, 3.05) is 6.26 Å². The third-order valence-corrected chi connectivity index (χ3v) is 5.98. The molecule has 0 N–H and O–H groups in total. The minimum absolute atomic E-state index is 0.299. The molecule has 1 aliphatic rings. The van der Waals surface area contributed by atoms with E-state index in [2.05, 4.69) is 10.1 Å². The SMILES string of the molecule is Cc1ccc(C2=NN(S(C)(=O)=O)[C@@H](c3cc4ccccc4nc3Cl)C2)cc1. The minimum atomic E-state index is -3.56. The Morgan fingerprint density at radius 2 is 1.81 bits per heavy atom. The van der Waals surface area contributed by atoms with Gasteiger partial charge in [0.1, 0.15) is 5.15 Å².